The van der Waals surface area contributed by atoms with E-state index in [-0.39, 0.29) is 12.2 Å². The molecular formula is C13H18N4O3S. The summed E-state index contributed by atoms with van der Waals surface area (Å²) in [5, 5.41) is 32.2. The van der Waals surface area contributed by atoms with E-state index in [1.54, 1.807) is 7.05 Å². The minimum atomic E-state index is -0.708. The number of aliphatic hydroxyl groups excluding tert-OH is 1. The van der Waals surface area contributed by atoms with E-state index >= 15 is 0 Å². The van der Waals surface area contributed by atoms with Gasteiger partial charge in [-0.1, -0.05) is 13.3 Å². The van der Waals surface area contributed by atoms with Crippen LogP contribution >= 0.6 is 11.3 Å². The van der Waals surface area contributed by atoms with E-state index in [1.807, 2.05) is 23.8 Å². The van der Waals surface area contributed by atoms with Crippen molar-refractivity contribution in [3.05, 3.63) is 38.2 Å². The van der Waals surface area contributed by atoms with Gasteiger partial charge in [-0.3, -0.25) is 10.1 Å². The number of nitrogens with zero attached hydrogens (tertiary/aromatic N) is 3. The number of hydrogen-bond donors (Lipinski definition) is 2. The van der Waals surface area contributed by atoms with Gasteiger partial charge in [0.25, 0.3) is 0 Å². The molecule has 7 nitrogen and oxygen atoms in total. The SMILES string of the molecule is CCCc1nn(C)c(NCC(O)c2ccsc2)c1[N+](=O)[O-]. The molecule has 0 aliphatic heterocycles. The Balaban J connectivity index is 2.17. The summed E-state index contributed by atoms with van der Waals surface area (Å²) in [5.74, 6) is 0.331. The molecule has 2 aromatic heterocycles. The maximum absolute atomic E-state index is 11.3. The van der Waals surface area contributed by atoms with Crippen LogP contribution in [0.5, 0.6) is 0 Å². The molecule has 1 atom stereocenters. The van der Waals surface area contributed by atoms with Gasteiger partial charge in [0, 0.05) is 13.6 Å². The molecule has 114 valence electrons. The molecule has 1 unspecified atom stereocenters. The molecule has 0 saturated heterocycles. The number of aliphatic hydroxyl groups is 1. The van der Waals surface area contributed by atoms with Gasteiger partial charge in [0.2, 0.25) is 5.82 Å². The van der Waals surface area contributed by atoms with Crippen molar-refractivity contribution in [3.63, 3.8) is 0 Å². The predicted molar refractivity (Wildman–Crippen MR) is 81.6 cm³/mol. The zero-order valence-corrected chi connectivity index (χ0v) is 12.8. The standard InChI is InChI=1S/C13H18N4O3S/c1-3-4-10-12(17(19)20)13(16(2)15-10)14-7-11(18)9-5-6-21-8-9/h5-6,8,11,14,18H,3-4,7H2,1-2H3. The summed E-state index contributed by atoms with van der Waals surface area (Å²) < 4.78 is 1.46. The molecule has 2 rings (SSSR count). The number of anilines is 1. The van der Waals surface area contributed by atoms with Crippen LogP contribution in [0.25, 0.3) is 0 Å². The smallest absolute Gasteiger partial charge is 0.333 e. The zero-order valence-electron chi connectivity index (χ0n) is 11.9. The second-order valence-electron chi connectivity index (χ2n) is 4.73. The maximum atomic E-state index is 11.3. The Kier molecular flexibility index (Phi) is 4.92. The summed E-state index contributed by atoms with van der Waals surface area (Å²) in [4.78, 5) is 10.8. The van der Waals surface area contributed by atoms with E-state index in [9.17, 15) is 15.2 Å². The van der Waals surface area contributed by atoms with E-state index in [1.165, 1.54) is 16.0 Å². The van der Waals surface area contributed by atoms with Crippen LogP contribution in [-0.2, 0) is 13.5 Å². The number of hydrogen-bond acceptors (Lipinski definition) is 6. The van der Waals surface area contributed by atoms with E-state index in [0.717, 1.165) is 12.0 Å². The van der Waals surface area contributed by atoms with Crippen LogP contribution in [-0.4, -0.2) is 26.4 Å². The largest absolute Gasteiger partial charge is 0.387 e. The van der Waals surface area contributed by atoms with Gasteiger partial charge >= 0.3 is 5.69 Å². The Morgan fingerprint density at radius 2 is 2.38 bits per heavy atom. The lowest BCUT2D eigenvalue weighted by molar-refractivity contribution is -0.384. The monoisotopic (exact) mass is 310 g/mol. The van der Waals surface area contributed by atoms with Crippen molar-refractivity contribution >= 4 is 22.8 Å². The van der Waals surface area contributed by atoms with Crippen LogP contribution in [0.1, 0.15) is 30.7 Å². The second kappa shape index (κ2) is 6.68. The molecule has 0 aromatic carbocycles. The summed E-state index contributed by atoms with van der Waals surface area (Å²) in [6.45, 7) is 2.15. The van der Waals surface area contributed by atoms with Gasteiger partial charge < -0.3 is 10.4 Å². The number of rotatable bonds is 7. The van der Waals surface area contributed by atoms with Crippen molar-refractivity contribution in [2.75, 3.05) is 11.9 Å². The lowest BCUT2D eigenvalue weighted by Gasteiger charge is -2.11. The molecule has 0 radical (unpaired) electrons. The molecule has 0 saturated carbocycles. The highest BCUT2D eigenvalue weighted by Gasteiger charge is 2.26. The van der Waals surface area contributed by atoms with Crippen LogP contribution in [0, 0.1) is 10.1 Å². The fourth-order valence-corrected chi connectivity index (χ4v) is 2.85. The highest BCUT2D eigenvalue weighted by Crippen LogP contribution is 2.29. The van der Waals surface area contributed by atoms with Crippen molar-refractivity contribution in [2.45, 2.75) is 25.9 Å². The zero-order chi connectivity index (χ0) is 15.4. The lowest BCUT2D eigenvalue weighted by Crippen LogP contribution is -2.14. The number of nitrogens with one attached hydrogen (secondary N) is 1. The van der Waals surface area contributed by atoms with Crippen molar-refractivity contribution in [1.29, 1.82) is 0 Å². The van der Waals surface area contributed by atoms with Crippen LogP contribution < -0.4 is 5.32 Å². The van der Waals surface area contributed by atoms with Crippen LogP contribution in [0.15, 0.2) is 16.8 Å². The van der Waals surface area contributed by atoms with Crippen molar-refractivity contribution in [2.24, 2.45) is 7.05 Å². The molecule has 0 amide bonds. The Morgan fingerprint density at radius 1 is 1.62 bits per heavy atom. The van der Waals surface area contributed by atoms with E-state index < -0.39 is 11.0 Å². The molecule has 0 spiro atoms. The van der Waals surface area contributed by atoms with Gasteiger partial charge in [0.15, 0.2) is 0 Å². The molecule has 2 aromatic rings. The Labute approximate surface area is 126 Å². The molecule has 0 bridgehead atoms. The maximum Gasteiger partial charge on any atom is 0.333 e. The Morgan fingerprint density at radius 3 is 2.95 bits per heavy atom. The van der Waals surface area contributed by atoms with E-state index in [2.05, 4.69) is 10.4 Å². The summed E-state index contributed by atoms with van der Waals surface area (Å²) in [6, 6.07) is 1.83. The summed E-state index contributed by atoms with van der Waals surface area (Å²) in [6.07, 6.45) is 0.633. The second-order valence-corrected chi connectivity index (χ2v) is 5.51. The third-order valence-corrected chi connectivity index (χ3v) is 3.85. The molecule has 21 heavy (non-hydrogen) atoms. The summed E-state index contributed by atoms with van der Waals surface area (Å²) in [5.41, 5.74) is 1.26. The minimum absolute atomic E-state index is 0.00290. The average Bonchev–Trinajstić information content (AvgIpc) is 3.04. The van der Waals surface area contributed by atoms with E-state index in [0.29, 0.717) is 17.9 Å². The van der Waals surface area contributed by atoms with Crippen molar-refractivity contribution in [1.82, 2.24) is 9.78 Å². The van der Waals surface area contributed by atoms with Crippen LogP contribution in [0.3, 0.4) is 0 Å². The van der Waals surface area contributed by atoms with E-state index in [4.69, 9.17) is 0 Å². The van der Waals surface area contributed by atoms with Crippen LogP contribution in [0.2, 0.25) is 0 Å². The van der Waals surface area contributed by atoms with Crippen molar-refractivity contribution in [3.8, 4) is 0 Å². The Bertz CT molecular complexity index is 609. The summed E-state index contributed by atoms with van der Waals surface area (Å²) in [7, 11) is 1.66. The third kappa shape index (κ3) is 3.40. The first kappa shape index (κ1) is 15.5. The Hall–Kier alpha value is -1.93. The molecular weight excluding hydrogens is 292 g/mol. The predicted octanol–water partition coefficient (Wildman–Crippen LogP) is 2.49. The molecule has 0 aliphatic carbocycles. The third-order valence-electron chi connectivity index (χ3n) is 3.15. The van der Waals surface area contributed by atoms with Gasteiger partial charge in [0.05, 0.1) is 11.0 Å². The molecule has 0 aliphatic rings. The molecule has 2 heterocycles. The van der Waals surface area contributed by atoms with Gasteiger partial charge in [-0.2, -0.15) is 16.4 Å². The van der Waals surface area contributed by atoms with Gasteiger partial charge in [-0.15, -0.1) is 0 Å². The minimum Gasteiger partial charge on any atom is -0.387 e. The number of thiophene rings is 1. The number of nitro groups is 1. The van der Waals surface area contributed by atoms with Crippen molar-refractivity contribution < 1.29 is 10.0 Å². The van der Waals surface area contributed by atoms with Gasteiger partial charge in [-0.25, -0.2) is 4.68 Å². The molecule has 8 heteroatoms. The highest BCUT2D eigenvalue weighted by atomic mass is 32.1. The average molecular weight is 310 g/mol. The summed E-state index contributed by atoms with van der Waals surface area (Å²) >= 11 is 1.50. The van der Waals surface area contributed by atoms with Gasteiger partial charge in [0.1, 0.15) is 5.69 Å². The van der Waals surface area contributed by atoms with Gasteiger partial charge in [-0.05, 0) is 28.8 Å². The fraction of sp³-hybridized carbons (Fsp3) is 0.462. The topological polar surface area (TPSA) is 93.2 Å². The quantitative estimate of drug-likeness (QED) is 0.605. The fourth-order valence-electron chi connectivity index (χ4n) is 2.14. The molecule has 2 N–H and O–H groups in total. The first-order valence-corrected chi connectivity index (χ1v) is 7.63. The lowest BCUT2D eigenvalue weighted by atomic mass is 10.2. The first-order chi connectivity index (χ1) is 10.0. The normalized spacial score (nSPS) is 12.3. The van der Waals surface area contributed by atoms with Crippen LogP contribution in [0.4, 0.5) is 11.5 Å². The first-order valence-electron chi connectivity index (χ1n) is 6.68. The molecule has 0 fully saturated rings. The number of aryl methyl sites for hydroxylation is 2. The highest BCUT2D eigenvalue weighted by molar-refractivity contribution is 7.07. The number of aromatic nitrogens is 2.